The molecule has 1 aliphatic heterocycles. The van der Waals surface area contributed by atoms with Crippen molar-refractivity contribution in [1.82, 2.24) is 10.3 Å². The van der Waals surface area contributed by atoms with Crippen molar-refractivity contribution >= 4 is 51.5 Å². The van der Waals surface area contributed by atoms with Crippen LogP contribution in [0.25, 0.3) is 10.9 Å². The van der Waals surface area contributed by atoms with Gasteiger partial charge in [0.2, 0.25) is 5.91 Å². The molecule has 0 radical (unpaired) electrons. The van der Waals surface area contributed by atoms with Crippen molar-refractivity contribution in [2.75, 3.05) is 48.7 Å². The van der Waals surface area contributed by atoms with Crippen LogP contribution in [0.3, 0.4) is 0 Å². The van der Waals surface area contributed by atoms with Gasteiger partial charge in [-0.3, -0.25) is 9.78 Å². The van der Waals surface area contributed by atoms with Crippen molar-refractivity contribution in [2.45, 2.75) is 18.9 Å². The number of nitrogens with zero attached hydrogens (tertiary/aromatic N) is 2. The smallest absolute Gasteiger partial charge is 0.323 e. The second kappa shape index (κ2) is 13.3. The number of methoxy groups -OCH3 is 2. The van der Waals surface area contributed by atoms with E-state index in [1.807, 2.05) is 36.4 Å². The van der Waals surface area contributed by atoms with Crippen molar-refractivity contribution in [3.05, 3.63) is 72.9 Å². The number of aromatic nitrogens is 1. The van der Waals surface area contributed by atoms with Crippen molar-refractivity contribution in [2.24, 2.45) is 0 Å². The van der Waals surface area contributed by atoms with E-state index in [4.69, 9.17) is 25.8 Å². The van der Waals surface area contributed by atoms with Gasteiger partial charge in [0.05, 0.1) is 19.7 Å². The fourth-order valence-corrected chi connectivity index (χ4v) is 4.98. The quantitative estimate of drug-likeness (QED) is 0.205. The largest absolute Gasteiger partial charge is 0.493 e. The van der Waals surface area contributed by atoms with E-state index in [-0.39, 0.29) is 23.9 Å². The number of pyridine rings is 1. The molecule has 0 spiro atoms. The second-order valence-corrected chi connectivity index (χ2v) is 10.0. The predicted molar refractivity (Wildman–Crippen MR) is 165 cm³/mol. The molecule has 3 aromatic carbocycles. The van der Waals surface area contributed by atoms with Crippen molar-refractivity contribution in [1.29, 1.82) is 0 Å². The summed E-state index contributed by atoms with van der Waals surface area (Å²) in [6.45, 7) is 1.66. The van der Waals surface area contributed by atoms with Gasteiger partial charge in [0.15, 0.2) is 11.5 Å². The number of rotatable bonds is 9. The number of benzene rings is 3. The summed E-state index contributed by atoms with van der Waals surface area (Å²) in [4.78, 5) is 30.9. The molecule has 42 heavy (non-hydrogen) atoms. The highest BCUT2D eigenvalue weighted by molar-refractivity contribution is 6.27. The highest BCUT2D eigenvalue weighted by Crippen LogP contribution is 2.37. The Bertz CT molecular complexity index is 1560. The normalized spacial score (nSPS) is 13.4. The van der Waals surface area contributed by atoms with E-state index >= 15 is 0 Å². The summed E-state index contributed by atoms with van der Waals surface area (Å²) in [5.41, 5.74) is 3.00. The summed E-state index contributed by atoms with van der Waals surface area (Å²) in [5.74, 6) is 2.14. The Hall–Kier alpha value is -4.70. The Morgan fingerprint density at radius 3 is 2.33 bits per heavy atom. The maximum Gasteiger partial charge on any atom is 0.323 e. The van der Waals surface area contributed by atoms with Crippen LogP contribution in [0.2, 0.25) is 0 Å². The number of halogens is 1. The van der Waals surface area contributed by atoms with Crippen LogP contribution in [0, 0.1) is 0 Å². The number of piperidine rings is 1. The van der Waals surface area contributed by atoms with Crippen LogP contribution in [0.1, 0.15) is 12.8 Å². The summed E-state index contributed by atoms with van der Waals surface area (Å²) in [5, 5.41) is 9.44. The number of carbonyl (C=O) groups excluding carboxylic acids is 2. The molecule has 4 aromatic rings. The van der Waals surface area contributed by atoms with E-state index in [9.17, 15) is 9.59 Å². The first-order chi connectivity index (χ1) is 20.4. The Morgan fingerprint density at radius 1 is 0.905 bits per heavy atom. The number of nitrogens with one attached hydrogen (secondary N) is 3. The lowest BCUT2D eigenvalue weighted by molar-refractivity contribution is -0.119. The number of urea groups is 1. The number of hydrogen-bond acceptors (Lipinski definition) is 7. The number of carbonyl (C=O) groups is 2. The average molecular weight is 590 g/mol. The van der Waals surface area contributed by atoms with Crippen LogP contribution in [-0.4, -0.2) is 56.2 Å². The lowest BCUT2D eigenvalue weighted by Gasteiger charge is -2.34. The fourth-order valence-electron chi connectivity index (χ4n) is 4.90. The van der Waals surface area contributed by atoms with Crippen LogP contribution >= 0.6 is 11.6 Å². The van der Waals surface area contributed by atoms with Crippen molar-refractivity contribution in [3.63, 3.8) is 0 Å². The van der Waals surface area contributed by atoms with E-state index in [0.29, 0.717) is 39.9 Å². The lowest BCUT2D eigenvalue weighted by atomic mass is 10.0. The SMILES string of the molecule is COc1cc2nccc(Oc3cccc(NC(=O)Nc4ccc(N5CCC(NC(=O)CCl)CC5)cc4)c3)c2cc1OC. The molecule has 0 unspecified atom stereocenters. The molecule has 3 N–H and O–H groups in total. The van der Waals surface area contributed by atoms with Gasteiger partial charge in [0, 0.05) is 59.9 Å². The van der Waals surface area contributed by atoms with Gasteiger partial charge < -0.3 is 35.1 Å². The first-order valence-electron chi connectivity index (χ1n) is 13.5. The summed E-state index contributed by atoms with van der Waals surface area (Å²) in [6, 6.07) is 20.0. The van der Waals surface area contributed by atoms with Crippen LogP contribution in [0.15, 0.2) is 72.9 Å². The first-order valence-corrected chi connectivity index (χ1v) is 14.1. The van der Waals surface area contributed by atoms with E-state index in [1.54, 1.807) is 50.7 Å². The van der Waals surface area contributed by atoms with Gasteiger partial charge in [-0.25, -0.2) is 4.79 Å². The van der Waals surface area contributed by atoms with Crippen molar-refractivity contribution < 1.29 is 23.8 Å². The molecule has 0 saturated carbocycles. The van der Waals surface area contributed by atoms with Crippen LogP contribution in [-0.2, 0) is 4.79 Å². The molecule has 1 saturated heterocycles. The minimum absolute atomic E-state index is 0.0170. The van der Waals surface area contributed by atoms with E-state index in [2.05, 4.69) is 25.8 Å². The highest BCUT2D eigenvalue weighted by Gasteiger charge is 2.20. The minimum atomic E-state index is -0.373. The summed E-state index contributed by atoms with van der Waals surface area (Å²) in [6.07, 6.45) is 3.37. The standard InChI is InChI=1S/C31H32ClN5O5/c1-40-28-17-25-26(18-29(28)41-2)33-13-10-27(25)42-24-5-3-4-22(16-24)36-31(39)35-20-6-8-23(9-7-20)37-14-11-21(12-15-37)34-30(38)19-32/h3-10,13,16-18,21H,11-12,14-15,19H2,1-2H3,(H,34,38)(H2,35,36,39). The topological polar surface area (TPSA) is 114 Å². The number of hydrogen-bond donors (Lipinski definition) is 3. The lowest BCUT2D eigenvalue weighted by Crippen LogP contribution is -2.45. The number of alkyl halides is 1. The molecule has 0 atom stereocenters. The molecule has 3 amide bonds. The van der Waals surface area contributed by atoms with Crippen molar-refractivity contribution in [3.8, 4) is 23.0 Å². The Morgan fingerprint density at radius 2 is 1.62 bits per heavy atom. The molecule has 2 heterocycles. The molecule has 1 fully saturated rings. The number of anilines is 3. The number of amides is 3. The molecule has 5 rings (SSSR count). The maximum absolute atomic E-state index is 12.7. The van der Waals surface area contributed by atoms with Gasteiger partial charge >= 0.3 is 6.03 Å². The minimum Gasteiger partial charge on any atom is -0.493 e. The number of ether oxygens (including phenoxy) is 3. The first kappa shape index (κ1) is 28.8. The third-order valence-electron chi connectivity index (χ3n) is 7.00. The van der Waals surface area contributed by atoms with Crippen LogP contribution in [0.4, 0.5) is 21.9 Å². The molecular weight excluding hydrogens is 558 g/mol. The molecule has 11 heteroatoms. The summed E-state index contributed by atoms with van der Waals surface area (Å²) in [7, 11) is 3.15. The van der Waals surface area contributed by atoms with Crippen LogP contribution in [0.5, 0.6) is 23.0 Å². The third-order valence-corrected chi connectivity index (χ3v) is 7.24. The fraction of sp³-hybridized carbons (Fsp3) is 0.258. The highest BCUT2D eigenvalue weighted by atomic mass is 35.5. The average Bonchev–Trinajstić information content (AvgIpc) is 3.01. The van der Waals surface area contributed by atoms with Gasteiger partial charge in [0.1, 0.15) is 17.4 Å². The van der Waals surface area contributed by atoms with E-state index in [1.165, 1.54) is 0 Å². The van der Waals surface area contributed by atoms with Gasteiger partial charge in [-0.1, -0.05) is 6.07 Å². The maximum atomic E-state index is 12.7. The zero-order valence-corrected chi connectivity index (χ0v) is 24.1. The molecule has 10 nitrogen and oxygen atoms in total. The van der Waals surface area contributed by atoms with Gasteiger partial charge in [-0.05, 0) is 61.4 Å². The zero-order chi connectivity index (χ0) is 29.5. The molecule has 1 aliphatic rings. The Labute approximate surface area is 248 Å². The molecule has 218 valence electrons. The van der Waals surface area contributed by atoms with Gasteiger partial charge in [-0.15, -0.1) is 11.6 Å². The van der Waals surface area contributed by atoms with E-state index < -0.39 is 0 Å². The number of fused-ring (bicyclic) bond motifs is 1. The second-order valence-electron chi connectivity index (χ2n) is 9.75. The van der Waals surface area contributed by atoms with Crippen LogP contribution < -0.4 is 35.1 Å². The summed E-state index contributed by atoms with van der Waals surface area (Å²) < 4.78 is 17.0. The van der Waals surface area contributed by atoms with E-state index in [0.717, 1.165) is 37.0 Å². The Balaban J connectivity index is 1.18. The predicted octanol–water partition coefficient (Wildman–Crippen LogP) is 6.01. The zero-order valence-electron chi connectivity index (χ0n) is 23.4. The molecule has 0 bridgehead atoms. The molecule has 0 aliphatic carbocycles. The molecule has 1 aromatic heterocycles. The monoisotopic (exact) mass is 589 g/mol. The molecular formula is C31H32ClN5O5. The van der Waals surface area contributed by atoms with Gasteiger partial charge in [-0.2, -0.15) is 0 Å². The third kappa shape index (κ3) is 6.95. The summed E-state index contributed by atoms with van der Waals surface area (Å²) >= 11 is 5.59. The Kier molecular flexibility index (Phi) is 9.13. The van der Waals surface area contributed by atoms with Gasteiger partial charge in [0.25, 0.3) is 0 Å².